The molecule has 0 aliphatic heterocycles. The van der Waals surface area contributed by atoms with Gasteiger partial charge >= 0.3 is 11.5 Å². The van der Waals surface area contributed by atoms with Crippen molar-refractivity contribution in [2.24, 2.45) is 5.92 Å². The molecule has 0 N–H and O–H groups in total. The van der Waals surface area contributed by atoms with Crippen molar-refractivity contribution < 1.29 is 35.9 Å². The van der Waals surface area contributed by atoms with Crippen molar-refractivity contribution in [3.63, 3.8) is 0 Å². The Bertz CT molecular complexity index is 989. The van der Waals surface area contributed by atoms with Crippen LogP contribution in [0.2, 0.25) is 0 Å². The smallest absolute Gasteiger partial charge is 0.294 e. The normalized spacial score (nSPS) is 13.8. The van der Waals surface area contributed by atoms with Crippen LogP contribution in [0.5, 0.6) is 0 Å². The molecule has 3 rings (SSSR count). The van der Waals surface area contributed by atoms with Gasteiger partial charge in [-0.2, -0.15) is 13.2 Å². The number of benzene rings is 2. The van der Waals surface area contributed by atoms with E-state index in [0.717, 1.165) is 42.3 Å². The molecule has 11 heteroatoms. The number of rotatable bonds is 5. The summed E-state index contributed by atoms with van der Waals surface area (Å²) >= 11 is -0.519. The molecule has 0 bridgehead atoms. The van der Waals surface area contributed by atoms with Gasteiger partial charge in [-0.1, -0.05) is 6.07 Å². The van der Waals surface area contributed by atoms with E-state index in [1.54, 1.807) is 0 Å². The van der Waals surface area contributed by atoms with Crippen LogP contribution in [-0.2, 0) is 0 Å². The van der Waals surface area contributed by atoms with Crippen molar-refractivity contribution in [2.75, 3.05) is 18.5 Å². The van der Waals surface area contributed by atoms with Gasteiger partial charge in [0.2, 0.25) is 0 Å². The fraction of sp³-hybridized carbons (Fsp3) is 0.300. The average Bonchev–Trinajstić information content (AvgIpc) is 3.48. The van der Waals surface area contributed by atoms with Crippen LogP contribution < -0.4 is 4.90 Å². The van der Waals surface area contributed by atoms with E-state index < -0.39 is 57.1 Å². The van der Waals surface area contributed by atoms with Crippen LogP contribution in [0, 0.1) is 23.4 Å². The number of thioether (sulfide) groups is 1. The number of hydrogen-bond acceptors (Lipinski definition) is 3. The van der Waals surface area contributed by atoms with Crippen LogP contribution in [0.25, 0.3) is 0 Å². The predicted octanol–water partition coefficient (Wildman–Crippen LogP) is 5.82. The number of alkyl halides is 3. The number of imide groups is 1. The Morgan fingerprint density at radius 2 is 1.65 bits per heavy atom. The summed E-state index contributed by atoms with van der Waals surface area (Å²) in [6, 6.07) is 4.30. The number of nitrogens with zero attached hydrogens (tertiary/aromatic N) is 2. The van der Waals surface area contributed by atoms with Crippen molar-refractivity contribution >= 4 is 29.4 Å². The lowest BCUT2D eigenvalue weighted by Gasteiger charge is -2.27. The Kier molecular flexibility index (Phi) is 6.54. The van der Waals surface area contributed by atoms with E-state index in [1.165, 1.54) is 0 Å². The van der Waals surface area contributed by atoms with Crippen LogP contribution in [0.15, 0.2) is 41.3 Å². The van der Waals surface area contributed by atoms with Crippen molar-refractivity contribution in [3.8, 4) is 0 Å². The third-order valence-electron chi connectivity index (χ3n) is 4.59. The molecule has 2 aromatic rings. The molecule has 31 heavy (non-hydrogen) atoms. The molecule has 2 aromatic carbocycles. The van der Waals surface area contributed by atoms with Crippen molar-refractivity contribution in [2.45, 2.75) is 23.2 Å². The highest BCUT2D eigenvalue weighted by molar-refractivity contribution is 8.00. The average molecular weight is 462 g/mol. The molecular weight excluding hydrogens is 446 g/mol. The summed E-state index contributed by atoms with van der Waals surface area (Å²) in [7, 11) is 1.11. The lowest BCUT2D eigenvalue weighted by molar-refractivity contribution is -0.0328. The Labute approximate surface area is 177 Å². The number of carbonyl (C=O) groups excluding carboxylic acids is 2. The summed E-state index contributed by atoms with van der Waals surface area (Å²) in [5.74, 6) is -4.70. The molecule has 4 nitrogen and oxygen atoms in total. The topological polar surface area (TPSA) is 40.6 Å². The highest BCUT2D eigenvalue weighted by Crippen LogP contribution is 2.38. The second-order valence-corrected chi connectivity index (χ2v) is 8.10. The Morgan fingerprint density at radius 1 is 1.03 bits per heavy atom. The monoisotopic (exact) mass is 462 g/mol. The zero-order valence-electron chi connectivity index (χ0n) is 16.0. The SMILES string of the molecule is CN(C(=O)N(CC1CC1)C(=O)c1c(F)cccc1F)c1ccc(SC(F)(F)F)cc1F. The number of urea groups is 1. The Hall–Kier alpha value is -2.69. The predicted molar refractivity (Wildman–Crippen MR) is 102 cm³/mol. The fourth-order valence-electron chi connectivity index (χ4n) is 2.88. The van der Waals surface area contributed by atoms with E-state index in [2.05, 4.69) is 0 Å². The number of hydrogen-bond donors (Lipinski definition) is 0. The van der Waals surface area contributed by atoms with Gasteiger partial charge in [0.1, 0.15) is 23.0 Å². The molecular formula is C20H16F6N2O2S. The van der Waals surface area contributed by atoms with Gasteiger partial charge in [-0.05, 0) is 60.9 Å². The van der Waals surface area contributed by atoms with Gasteiger partial charge in [0.25, 0.3) is 5.91 Å². The first-order valence-corrected chi connectivity index (χ1v) is 9.88. The number of halogens is 6. The Morgan fingerprint density at radius 3 is 2.16 bits per heavy atom. The van der Waals surface area contributed by atoms with E-state index in [0.29, 0.717) is 23.8 Å². The van der Waals surface area contributed by atoms with Crippen LogP contribution in [-0.4, -0.2) is 35.9 Å². The molecule has 0 saturated heterocycles. The first kappa shape index (κ1) is 23.0. The van der Waals surface area contributed by atoms with Gasteiger partial charge in [-0.25, -0.2) is 18.0 Å². The lowest BCUT2D eigenvalue weighted by atomic mass is 10.1. The van der Waals surface area contributed by atoms with Crippen LogP contribution >= 0.6 is 11.8 Å². The quantitative estimate of drug-likeness (QED) is 0.415. The third kappa shape index (κ3) is 5.52. The number of carbonyl (C=O) groups is 2. The maximum atomic E-state index is 14.4. The summed E-state index contributed by atoms with van der Waals surface area (Å²) in [6.07, 6.45) is 1.41. The third-order valence-corrected chi connectivity index (χ3v) is 5.31. The van der Waals surface area contributed by atoms with Crippen molar-refractivity contribution in [3.05, 3.63) is 59.4 Å². The fourth-order valence-corrected chi connectivity index (χ4v) is 3.45. The minimum atomic E-state index is -4.62. The standard InChI is InChI=1S/C20H16F6N2O2S/c1-27(16-8-7-12(9-15(16)23)31-20(24,25)26)19(30)28(10-11-5-6-11)18(29)17-13(21)3-2-4-14(17)22/h2-4,7-9,11H,5-6,10H2,1H3. The van der Waals surface area contributed by atoms with Crippen LogP contribution in [0.4, 0.5) is 36.8 Å². The van der Waals surface area contributed by atoms with Gasteiger partial charge in [-0.15, -0.1) is 0 Å². The molecule has 3 amide bonds. The summed E-state index contributed by atoms with van der Waals surface area (Å²) in [4.78, 5) is 26.7. The molecule has 1 saturated carbocycles. The van der Waals surface area contributed by atoms with Crippen molar-refractivity contribution in [1.29, 1.82) is 0 Å². The summed E-state index contributed by atoms with van der Waals surface area (Å²) < 4.78 is 80.0. The Balaban J connectivity index is 1.89. The minimum absolute atomic E-state index is 0.0495. The lowest BCUT2D eigenvalue weighted by Crippen LogP contribution is -2.46. The molecule has 1 aliphatic carbocycles. The first-order chi connectivity index (χ1) is 14.5. The molecule has 0 aromatic heterocycles. The van der Waals surface area contributed by atoms with Crippen molar-refractivity contribution in [1.82, 2.24) is 4.90 Å². The number of amides is 3. The van der Waals surface area contributed by atoms with E-state index in [1.807, 2.05) is 0 Å². The highest BCUT2D eigenvalue weighted by Gasteiger charge is 2.36. The van der Waals surface area contributed by atoms with Gasteiger partial charge in [0, 0.05) is 18.5 Å². The van der Waals surface area contributed by atoms with Gasteiger partial charge < -0.3 is 0 Å². The minimum Gasteiger partial charge on any atom is -0.294 e. The van der Waals surface area contributed by atoms with E-state index in [9.17, 15) is 35.9 Å². The second-order valence-electron chi connectivity index (χ2n) is 6.96. The van der Waals surface area contributed by atoms with Gasteiger partial charge in [-0.3, -0.25) is 14.6 Å². The number of anilines is 1. The van der Waals surface area contributed by atoms with Gasteiger partial charge in [0.15, 0.2) is 0 Å². The van der Waals surface area contributed by atoms with E-state index >= 15 is 0 Å². The van der Waals surface area contributed by atoms with E-state index in [-0.39, 0.29) is 18.2 Å². The summed E-state index contributed by atoms with van der Waals surface area (Å²) in [5.41, 5.74) is -5.92. The van der Waals surface area contributed by atoms with Gasteiger partial charge in [0.05, 0.1) is 5.69 Å². The maximum absolute atomic E-state index is 14.4. The zero-order chi connectivity index (χ0) is 22.9. The maximum Gasteiger partial charge on any atom is 0.446 e. The molecule has 0 unspecified atom stereocenters. The molecule has 0 spiro atoms. The first-order valence-electron chi connectivity index (χ1n) is 9.07. The molecule has 0 radical (unpaired) electrons. The molecule has 1 fully saturated rings. The van der Waals surface area contributed by atoms with E-state index in [4.69, 9.17) is 0 Å². The molecule has 166 valence electrons. The second kappa shape index (κ2) is 8.81. The highest BCUT2D eigenvalue weighted by atomic mass is 32.2. The summed E-state index contributed by atoms with van der Waals surface area (Å²) in [5, 5.41) is 0. The van der Waals surface area contributed by atoms with Crippen LogP contribution in [0.3, 0.4) is 0 Å². The molecule has 0 heterocycles. The molecule has 0 atom stereocenters. The molecule has 1 aliphatic rings. The summed E-state index contributed by atoms with van der Waals surface area (Å²) in [6.45, 7) is -0.126. The van der Waals surface area contributed by atoms with Crippen LogP contribution in [0.1, 0.15) is 23.2 Å². The largest absolute Gasteiger partial charge is 0.446 e. The zero-order valence-corrected chi connectivity index (χ0v) is 16.9.